The van der Waals surface area contributed by atoms with Crippen LogP contribution in [0.5, 0.6) is 5.75 Å². The number of benzene rings is 2. The van der Waals surface area contributed by atoms with Crippen LogP contribution in [0.1, 0.15) is 18.5 Å². The van der Waals surface area contributed by atoms with Crippen LogP contribution >= 0.6 is 23.2 Å². The smallest absolute Gasteiger partial charge is 0.241 e. The molecule has 0 radical (unpaired) electrons. The van der Waals surface area contributed by atoms with Gasteiger partial charge in [-0.1, -0.05) is 29.3 Å². The number of rotatable bonds is 5. The third-order valence-electron chi connectivity index (χ3n) is 3.15. The summed E-state index contributed by atoms with van der Waals surface area (Å²) >= 11 is 11.6. The van der Waals surface area contributed by atoms with E-state index in [0.29, 0.717) is 5.56 Å². The van der Waals surface area contributed by atoms with Crippen LogP contribution in [0.4, 0.5) is 4.39 Å². The Morgan fingerprint density at radius 2 is 1.74 bits per heavy atom. The van der Waals surface area contributed by atoms with E-state index in [1.165, 1.54) is 37.4 Å². The van der Waals surface area contributed by atoms with E-state index in [9.17, 15) is 12.8 Å². The first-order valence-electron chi connectivity index (χ1n) is 6.55. The zero-order valence-electron chi connectivity index (χ0n) is 12.3. The molecule has 0 spiro atoms. The van der Waals surface area contributed by atoms with E-state index in [2.05, 4.69) is 4.72 Å². The predicted octanol–water partition coefficient (Wildman–Crippen LogP) is 4.18. The zero-order chi connectivity index (χ0) is 17.2. The van der Waals surface area contributed by atoms with Crippen molar-refractivity contribution < 1.29 is 17.5 Å². The standard InChI is InChI=1S/C15H14Cl2FNO3S/c1-9(10-3-4-15(22-2)14(18)5-10)19-23(20,21)13-7-11(16)6-12(17)8-13/h3-9,19H,1-2H3/t9-/m0/s1. The lowest BCUT2D eigenvalue weighted by atomic mass is 10.1. The Hall–Kier alpha value is -1.34. The summed E-state index contributed by atoms with van der Waals surface area (Å²) in [7, 11) is -2.50. The van der Waals surface area contributed by atoms with E-state index in [1.807, 2.05) is 0 Å². The Bertz CT molecular complexity index is 807. The molecule has 0 aliphatic carbocycles. The molecule has 124 valence electrons. The van der Waals surface area contributed by atoms with Gasteiger partial charge in [-0.3, -0.25) is 0 Å². The van der Waals surface area contributed by atoms with Gasteiger partial charge in [-0.15, -0.1) is 0 Å². The predicted molar refractivity (Wildman–Crippen MR) is 88.2 cm³/mol. The number of hydrogen-bond donors (Lipinski definition) is 1. The fourth-order valence-electron chi connectivity index (χ4n) is 2.00. The summed E-state index contributed by atoms with van der Waals surface area (Å²) in [6.07, 6.45) is 0. The molecule has 0 bridgehead atoms. The molecule has 0 unspecified atom stereocenters. The number of hydrogen-bond acceptors (Lipinski definition) is 3. The van der Waals surface area contributed by atoms with Crippen molar-refractivity contribution in [1.82, 2.24) is 4.72 Å². The zero-order valence-corrected chi connectivity index (χ0v) is 14.6. The van der Waals surface area contributed by atoms with Gasteiger partial charge in [-0.05, 0) is 42.8 Å². The van der Waals surface area contributed by atoms with Crippen LogP contribution in [-0.4, -0.2) is 15.5 Å². The number of ether oxygens (including phenoxy) is 1. The van der Waals surface area contributed by atoms with Crippen LogP contribution in [0.25, 0.3) is 0 Å². The number of methoxy groups -OCH3 is 1. The van der Waals surface area contributed by atoms with Crippen molar-refractivity contribution in [3.05, 3.63) is 57.8 Å². The molecule has 2 rings (SSSR count). The average Bonchev–Trinajstić information content (AvgIpc) is 2.45. The summed E-state index contributed by atoms with van der Waals surface area (Å²) < 4.78 is 45.8. The van der Waals surface area contributed by atoms with E-state index in [1.54, 1.807) is 13.0 Å². The lowest BCUT2D eigenvalue weighted by Gasteiger charge is -2.16. The van der Waals surface area contributed by atoms with E-state index < -0.39 is 21.9 Å². The normalized spacial score (nSPS) is 12.9. The van der Waals surface area contributed by atoms with Crippen molar-refractivity contribution in [2.75, 3.05) is 7.11 Å². The molecule has 0 aromatic heterocycles. The van der Waals surface area contributed by atoms with Crippen molar-refractivity contribution in [2.45, 2.75) is 17.9 Å². The first-order chi connectivity index (χ1) is 10.7. The van der Waals surface area contributed by atoms with Gasteiger partial charge in [0.15, 0.2) is 11.6 Å². The first kappa shape index (κ1) is 18.0. The molecule has 2 aromatic rings. The minimum Gasteiger partial charge on any atom is -0.494 e. The molecule has 2 aromatic carbocycles. The molecule has 0 fully saturated rings. The molecular formula is C15H14Cl2FNO3S. The molecule has 4 nitrogen and oxygen atoms in total. The van der Waals surface area contributed by atoms with Crippen molar-refractivity contribution in [3.63, 3.8) is 0 Å². The van der Waals surface area contributed by atoms with Crippen LogP contribution in [0, 0.1) is 5.82 Å². The average molecular weight is 378 g/mol. The highest BCUT2D eigenvalue weighted by Gasteiger charge is 2.20. The molecule has 0 saturated carbocycles. The van der Waals surface area contributed by atoms with Gasteiger partial charge in [-0.25, -0.2) is 17.5 Å². The summed E-state index contributed by atoms with van der Waals surface area (Å²) in [6.45, 7) is 1.60. The molecule has 23 heavy (non-hydrogen) atoms. The summed E-state index contributed by atoms with van der Waals surface area (Å²) in [6, 6.07) is 7.60. The largest absolute Gasteiger partial charge is 0.494 e. The van der Waals surface area contributed by atoms with Gasteiger partial charge < -0.3 is 4.74 Å². The topological polar surface area (TPSA) is 55.4 Å². The number of sulfonamides is 1. The van der Waals surface area contributed by atoms with E-state index >= 15 is 0 Å². The Morgan fingerprint density at radius 3 is 2.26 bits per heavy atom. The minimum atomic E-state index is -3.85. The Labute approximate surface area is 144 Å². The van der Waals surface area contributed by atoms with Gasteiger partial charge in [0.1, 0.15) is 0 Å². The highest BCUT2D eigenvalue weighted by Crippen LogP contribution is 2.25. The second-order valence-electron chi connectivity index (χ2n) is 4.84. The van der Waals surface area contributed by atoms with Crippen LogP contribution < -0.4 is 9.46 Å². The Balaban J connectivity index is 2.27. The lowest BCUT2D eigenvalue weighted by Crippen LogP contribution is -2.27. The fraction of sp³-hybridized carbons (Fsp3) is 0.200. The SMILES string of the molecule is COc1ccc([C@H](C)NS(=O)(=O)c2cc(Cl)cc(Cl)c2)cc1F. The van der Waals surface area contributed by atoms with E-state index in [0.717, 1.165) is 0 Å². The summed E-state index contributed by atoms with van der Waals surface area (Å²) in [5, 5.41) is 0.419. The first-order valence-corrected chi connectivity index (χ1v) is 8.78. The van der Waals surface area contributed by atoms with Gasteiger partial charge in [0.25, 0.3) is 0 Å². The maximum atomic E-state index is 13.7. The second kappa shape index (κ2) is 7.05. The van der Waals surface area contributed by atoms with Crippen molar-refractivity contribution in [1.29, 1.82) is 0 Å². The van der Waals surface area contributed by atoms with Crippen molar-refractivity contribution >= 4 is 33.2 Å². The Morgan fingerprint density at radius 1 is 1.13 bits per heavy atom. The summed E-state index contributed by atoms with van der Waals surface area (Å²) in [5.74, 6) is -0.479. The van der Waals surface area contributed by atoms with Gasteiger partial charge in [0.05, 0.1) is 12.0 Å². The Kier molecular flexibility index (Phi) is 5.52. The highest BCUT2D eigenvalue weighted by molar-refractivity contribution is 7.89. The summed E-state index contributed by atoms with van der Waals surface area (Å²) in [4.78, 5) is -0.0594. The monoisotopic (exact) mass is 377 g/mol. The van der Waals surface area contributed by atoms with E-state index in [4.69, 9.17) is 27.9 Å². The van der Waals surface area contributed by atoms with Crippen LogP contribution in [0.3, 0.4) is 0 Å². The van der Waals surface area contributed by atoms with Crippen molar-refractivity contribution in [3.8, 4) is 5.75 Å². The molecule has 8 heteroatoms. The third-order valence-corrected chi connectivity index (χ3v) is 5.11. The second-order valence-corrected chi connectivity index (χ2v) is 7.43. The molecule has 1 atom stereocenters. The minimum absolute atomic E-state index is 0.0594. The molecule has 0 heterocycles. The van der Waals surface area contributed by atoms with Crippen LogP contribution in [-0.2, 0) is 10.0 Å². The van der Waals surface area contributed by atoms with Crippen molar-refractivity contribution in [2.24, 2.45) is 0 Å². The van der Waals surface area contributed by atoms with Crippen LogP contribution in [0.15, 0.2) is 41.3 Å². The molecule has 0 amide bonds. The van der Waals surface area contributed by atoms with Gasteiger partial charge in [0, 0.05) is 16.1 Å². The molecule has 0 saturated heterocycles. The fourth-order valence-corrected chi connectivity index (χ4v) is 3.96. The molecule has 0 aliphatic rings. The van der Waals surface area contributed by atoms with Gasteiger partial charge >= 0.3 is 0 Å². The maximum absolute atomic E-state index is 13.7. The van der Waals surface area contributed by atoms with Gasteiger partial charge in [-0.2, -0.15) is 0 Å². The quantitative estimate of drug-likeness (QED) is 0.849. The number of nitrogens with one attached hydrogen (secondary N) is 1. The molecule has 1 N–H and O–H groups in total. The lowest BCUT2D eigenvalue weighted by molar-refractivity contribution is 0.386. The number of halogens is 3. The third kappa shape index (κ3) is 4.35. The van der Waals surface area contributed by atoms with Gasteiger partial charge in [0.2, 0.25) is 10.0 Å². The molecular weight excluding hydrogens is 364 g/mol. The van der Waals surface area contributed by atoms with E-state index in [-0.39, 0.29) is 20.7 Å². The summed E-state index contributed by atoms with van der Waals surface area (Å²) in [5.41, 5.74) is 0.458. The highest BCUT2D eigenvalue weighted by atomic mass is 35.5. The maximum Gasteiger partial charge on any atom is 0.241 e. The van der Waals surface area contributed by atoms with Crippen LogP contribution in [0.2, 0.25) is 10.0 Å². The molecule has 0 aliphatic heterocycles.